The zero-order chi connectivity index (χ0) is 12.7. The molecule has 5 nitrogen and oxygen atoms in total. The quantitative estimate of drug-likeness (QED) is 0.648. The van der Waals surface area contributed by atoms with Gasteiger partial charge in [-0.2, -0.15) is 0 Å². The van der Waals surface area contributed by atoms with E-state index in [1.807, 2.05) is 20.8 Å². The number of amides is 2. The van der Waals surface area contributed by atoms with E-state index in [4.69, 9.17) is 4.74 Å². The number of hydrogen-bond acceptors (Lipinski definition) is 3. The van der Waals surface area contributed by atoms with Crippen LogP contribution in [0.3, 0.4) is 0 Å². The van der Waals surface area contributed by atoms with E-state index in [0.29, 0.717) is 19.6 Å². The number of piperazine rings is 1. The van der Waals surface area contributed by atoms with Crippen LogP contribution in [-0.2, 0) is 9.53 Å². The average molecular weight is 240 g/mol. The van der Waals surface area contributed by atoms with Crippen molar-refractivity contribution >= 4 is 12.5 Å². The molecule has 0 aromatic carbocycles. The Morgan fingerprint density at radius 1 is 1.29 bits per heavy atom. The third kappa shape index (κ3) is 2.53. The van der Waals surface area contributed by atoms with Crippen LogP contribution in [0, 0.1) is 0 Å². The van der Waals surface area contributed by atoms with Crippen LogP contribution in [0.2, 0.25) is 0 Å². The van der Waals surface area contributed by atoms with Gasteiger partial charge in [0.1, 0.15) is 5.60 Å². The van der Waals surface area contributed by atoms with Gasteiger partial charge in [-0.05, 0) is 33.6 Å². The normalized spacial score (nSPS) is 22.5. The largest absolute Gasteiger partial charge is 0.444 e. The highest BCUT2D eigenvalue weighted by molar-refractivity contribution is 5.70. The first-order chi connectivity index (χ1) is 7.86. The van der Waals surface area contributed by atoms with Gasteiger partial charge in [0.2, 0.25) is 6.41 Å². The molecule has 0 atom stereocenters. The van der Waals surface area contributed by atoms with Crippen LogP contribution in [0.25, 0.3) is 0 Å². The molecule has 5 heteroatoms. The van der Waals surface area contributed by atoms with Crippen LogP contribution in [0.5, 0.6) is 0 Å². The van der Waals surface area contributed by atoms with E-state index in [1.54, 1.807) is 9.80 Å². The highest BCUT2D eigenvalue weighted by atomic mass is 16.6. The van der Waals surface area contributed by atoms with Gasteiger partial charge in [0.15, 0.2) is 0 Å². The molecule has 2 rings (SSSR count). The lowest BCUT2D eigenvalue weighted by atomic mass is 10.1. The van der Waals surface area contributed by atoms with Gasteiger partial charge in [0.05, 0.1) is 5.54 Å². The summed E-state index contributed by atoms with van der Waals surface area (Å²) in [5.41, 5.74) is -0.601. The van der Waals surface area contributed by atoms with Crippen molar-refractivity contribution in [3.05, 3.63) is 0 Å². The summed E-state index contributed by atoms with van der Waals surface area (Å²) in [5, 5.41) is 0. The first-order valence-electron chi connectivity index (χ1n) is 6.06. The van der Waals surface area contributed by atoms with Gasteiger partial charge in [-0.1, -0.05) is 0 Å². The molecule has 2 amide bonds. The molecule has 0 unspecified atom stereocenters. The summed E-state index contributed by atoms with van der Waals surface area (Å²) in [6.45, 7) is 7.43. The molecule has 96 valence electrons. The smallest absolute Gasteiger partial charge is 0.410 e. The van der Waals surface area contributed by atoms with Gasteiger partial charge in [0, 0.05) is 19.6 Å². The fourth-order valence-corrected chi connectivity index (χ4v) is 2.27. The molecular formula is C12H20N2O3. The summed E-state index contributed by atoms with van der Waals surface area (Å²) in [6.07, 6.45) is 2.56. The molecule has 1 aliphatic heterocycles. The number of nitrogens with zero attached hydrogens (tertiary/aromatic N) is 2. The Labute approximate surface area is 102 Å². The Morgan fingerprint density at radius 3 is 2.41 bits per heavy atom. The topological polar surface area (TPSA) is 49.9 Å². The van der Waals surface area contributed by atoms with Crippen LogP contribution in [0.1, 0.15) is 33.6 Å². The minimum atomic E-state index is -0.463. The number of ether oxygens (including phenoxy) is 1. The molecule has 1 aliphatic carbocycles. The van der Waals surface area contributed by atoms with E-state index in [1.165, 1.54) is 0 Å². The third-order valence-electron chi connectivity index (χ3n) is 3.27. The maximum atomic E-state index is 12.1. The van der Waals surface area contributed by atoms with E-state index >= 15 is 0 Å². The predicted octanol–water partition coefficient (Wildman–Crippen LogP) is 1.23. The second kappa shape index (κ2) is 3.89. The highest BCUT2D eigenvalue weighted by Gasteiger charge is 2.54. The molecule has 1 saturated heterocycles. The molecule has 17 heavy (non-hydrogen) atoms. The lowest BCUT2D eigenvalue weighted by molar-refractivity contribution is -0.121. The summed E-state index contributed by atoms with van der Waals surface area (Å²) in [6, 6.07) is 0. The molecule has 0 radical (unpaired) electrons. The van der Waals surface area contributed by atoms with E-state index in [2.05, 4.69) is 0 Å². The number of carbonyl (C=O) groups is 2. The fourth-order valence-electron chi connectivity index (χ4n) is 2.27. The minimum Gasteiger partial charge on any atom is -0.444 e. The fraction of sp³-hybridized carbons (Fsp3) is 0.833. The maximum Gasteiger partial charge on any atom is 0.410 e. The minimum absolute atomic E-state index is 0.137. The van der Waals surface area contributed by atoms with Gasteiger partial charge >= 0.3 is 6.09 Å². The van der Waals surface area contributed by atoms with Gasteiger partial charge < -0.3 is 9.64 Å². The summed E-state index contributed by atoms with van der Waals surface area (Å²) in [7, 11) is 0. The molecule has 0 N–H and O–H groups in total. The van der Waals surface area contributed by atoms with Crippen LogP contribution >= 0.6 is 0 Å². The Balaban J connectivity index is 2.02. The first-order valence-corrected chi connectivity index (χ1v) is 6.06. The molecule has 1 heterocycles. The summed E-state index contributed by atoms with van der Waals surface area (Å²) in [5.74, 6) is 0. The van der Waals surface area contributed by atoms with Crippen molar-refractivity contribution in [1.29, 1.82) is 0 Å². The van der Waals surface area contributed by atoms with Crippen molar-refractivity contribution in [2.24, 2.45) is 0 Å². The predicted molar refractivity (Wildman–Crippen MR) is 62.5 cm³/mol. The lowest BCUT2D eigenvalue weighted by Gasteiger charge is -2.41. The van der Waals surface area contributed by atoms with Crippen molar-refractivity contribution < 1.29 is 14.3 Å². The summed E-state index contributed by atoms with van der Waals surface area (Å²) >= 11 is 0. The highest BCUT2D eigenvalue weighted by Crippen LogP contribution is 2.44. The Morgan fingerprint density at radius 2 is 1.94 bits per heavy atom. The van der Waals surface area contributed by atoms with E-state index < -0.39 is 5.60 Å². The zero-order valence-electron chi connectivity index (χ0n) is 10.7. The van der Waals surface area contributed by atoms with Crippen molar-refractivity contribution in [3.8, 4) is 0 Å². The molecule has 0 aromatic rings. The van der Waals surface area contributed by atoms with Gasteiger partial charge in [-0.3, -0.25) is 9.69 Å². The molecule has 1 saturated carbocycles. The number of rotatable bonds is 1. The van der Waals surface area contributed by atoms with Crippen molar-refractivity contribution in [3.63, 3.8) is 0 Å². The number of carbonyl (C=O) groups excluding carboxylic acids is 2. The lowest BCUT2D eigenvalue weighted by Crippen LogP contribution is -2.57. The first kappa shape index (κ1) is 12.2. The molecule has 0 bridgehead atoms. The monoisotopic (exact) mass is 240 g/mol. The standard InChI is InChI=1S/C12H20N2O3/c1-11(2,3)17-10(16)14-7-6-13(9-15)8-12(14)4-5-12/h9H,4-8H2,1-3H3. The Hall–Kier alpha value is -1.26. The van der Waals surface area contributed by atoms with Gasteiger partial charge in [-0.15, -0.1) is 0 Å². The van der Waals surface area contributed by atoms with Crippen molar-refractivity contribution in [2.45, 2.75) is 44.8 Å². The van der Waals surface area contributed by atoms with E-state index in [-0.39, 0.29) is 11.6 Å². The Kier molecular flexibility index (Phi) is 2.79. The van der Waals surface area contributed by atoms with Gasteiger partial charge in [-0.25, -0.2) is 4.79 Å². The zero-order valence-corrected chi connectivity index (χ0v) is 10.7. The van der Waals surface area contributed by atoms with E-state index in [9.17, 15) is 9.59 Å². The summed E-state index contributed by atoms with van der Waals surface area (Å²) in [4.78, 5) is 26.4. The number of hydrogen-bond donors (Lipinski definition) is 0. The van der Waals surface area contributed by atoms with E-state index in [0.717, 1.165) is 19.3 Å². The molecule has 2 fully saturated rings. The SMILES string of the molecule is CC(C)(C)OC(=O)N1CCN(C=O)CC12CC2. The molecular weight excluding hydrogens is 220 g/mol. The molecule has 1 spiro atoms. The van der Waals surface area contributed by atoms with Crippen LogP contribution in [-0.4, -0.2) is 53.1 Å². The van der Waals surface area contributed by atoms with Gasteiger partial charge in [0.25, 0.3) is 0 Å². The average Bonchev–Trinajstić information content (AvgIpc) is 2.95. The third-order valence-corrected chi connectivity index (χ3v) is 3.27. The van der Waals surface area contributed by atoms with Crippen LogP contribution in [0.15, 0.2) is 0 Å². The molecule has 2 aliphatic rings. The molecule has 0 aromatic heterocycles. The van der Waals surface area contributed by atoms with Crippen molar-refractivity contribution in [1.82, 2.24) is 9.80 Å². The second-order valence-corrected chi connectivity index (χ2v) is 5.93. The van der Waals surface area contributed by atoms with Crippen LogP contribution in [0.4, 0.5) is 4.79 Å². The second-order valence-electron chi connectivity index (χ2n) is 5.93. The van der Waals surface area contributed by atoms with Crippen LogP contribution < -0.4 is 0 Å². The summed E-state index contributed by atoms with van der Waals surface area (Å²) < 4.78 is 5.40. The van der Waals surface area contributed by atoms with Crippen molar-refractivity contribution in [2.75, 3.05) is 19.6 Å². The Bertz CT molecular complexity index is 331. The maximum absolute atomic E-state index is 12.1.